The Bertz CT molecular complexity index is 740. The highest BCUT2D eigenvalue weighted by Gasteiger charge is 2.22. The van der Waals surface area contributed by atoms with Crippen molar-refractivity contribution in [2.24, 2.45) is 0 Å². The number of benzene rings is 2. The number of carbonyl (C=O) groups is 1. The van der Waals surface area contributed by atoms with E-state index in [1.54, 1.807) is 31.4 Å². The molecule has 5 heteroatoms. The first-order valence-electron chi connectivity index (χ1n) is 8.02. The van der Waals surface area contributed by atoms with E-state index in [-0.39, 0.29) is 12.0 Å². The highest BCUT2D eigenvalue weighted by Crippen LogP contribution is 2.38. The molecule has 126 valence electrons. The van der Waals surface area contributed by atoms with Crippen LogP contribution in [0, 0.1) is 0 Å². The number of hydrogen-bond donors (Lipinski definition) is 1. The minimum absolute atomic E-state index is 0.141. The Labute approximate surface area is 141 Å². The molecule has 1 atom stereocenters. The van der Waals surface area contributed by atoms with Gasteiger partial charge in [-0.3, -0.25) is 4.79 Å². The first-order valence-corrected chi connectivity index (χ1v) is 8.02. The molecule has 2 aromatic rings. The Balaban J connectivity index is 1.85. The van der Waals surface area contributed by atoms with Crippen molar-refractivity contribution in [1.82, 2.24) is 0 Å². The predicted molar refractivity (Wildman–Crippen MR) is 92.4 cm³/mol. The zero-order valence-corrected chi connectivity index (χ0v) is 14.1. The maximum atomic E-state index is 12.5. The van der Waals surface area contributed by atoms with E-state index in [4.69, 9.17) is 14.2 Å². The molecule has 0 saturated carbocycles. The fourth-order valence-corrected chi connectivity index (χ4v) is 2.75. The lowest BCUT2D eigenvalue weighted by Gasteiger charge is -2.13. The zero-order chi connectivity index (χ0) is 17.1. The van der Waals surface area contributed by atoms with Gasteiger partial charge in [0.2, 0.25) is 0 Å². The van der Waals surface area contributed by atoms with Gasteiger partial charge in [0.15, 0.2) is 0 Å². The second-order valence-corrected chi connectivity index (χ2v) is 5.70. The van der Waals surface area contributed by atoms with Crippen molar-refractivity contribution in [2.75, 3.05) is 19.0 Å². The van der Waals surface area contributed by atoms with Gasteiger partial charge in [0.25, 0.3) is 5.91 Å². The van der Waals surface area contributed by atoms with Crippen molar-refractivity contribution in [3.05, 3.63) is 47.5 Å². The van der Waals surface area contributed by atoms with Crippen LogP contribution in [0.25, 0.3) is 0 Å². The Morgan fingerprint density at radius 2 is 2.04 bits per heavy atom. The number of rotatable bonds is 5. The zero-order valence-electron chi connectivity index (χ0n) is 14.1. The van der Waals surface area contributed by atoms with Gasteiger partial charge < -0.3 is 19.5 Å². The average molecular weight is 327 g/mol. The monoisotopic (exact) mass is 327 g/mol. The minimum atomic E-state index is -0.204. The number of fused-ring (bicyclic) bond motifs is 1. The van der Waals surface area contributed by atoms with Gasteiger partial charge in [-0.2, -0.15) is 0 Å². The molecule has 0 aromatic heterocycles. The highest BCUT2D eigenvalue weighted by molar-refractivity contribution is 6.05. The van der Waals surface area contributed by atoms with Crippen molar-refractivity contribution in [2.45, 2.75) is 26.4 Å². The van der Waals surface area contributed by atoms with E-state index in [9.17, 15) is 4.79 Å². The number of nitrogens with one attached hydrogen (secondary N) is 1. The normalized spacial score (nSPS) is 15.4. The van der Waals surface area contributed by atoms with Crippen LogP contribution in [0.3, 0.4) is 0 Å². The summed E-state index contributed by atoms with van der Waals surface area (Å²) in [5, 5.41) is 2.91. The van der Waals surface area contributed by atoms with Crippen molar-refractivity contribution >= 4 is 11.6 Å². The molecule has 0 radical (unpaired) electrons. The number of ether oxygens (including phenoxy) is 3. The molecule has 0 unspecified atom stereocenters. The molecule has 1 amide bonds. The minimum Gasteiger partial charge on any atom is -0.497 e. The Morgan fingerprint density at radius 3 is 2.71 bits per heavy atom. The van der Waals surface area contributed by atoms with Gasteiger partial charge in [0.05, 0.1) is 19.4 Å². The molecule has 0 spiro atoms. The second-order valence-electron chi connectivity index (χ2n) is 5.70. The molecule has 2 aromatic carbocycles. The first kappa shape index (κ1) is 16.2. The lowest BCUT2D eigenvalue weighted by Crippen LogP contribution is -2.13. The van der Waals surface area contributed by atoms with Gasteiger partial charge in [0.1, 0.15) is 23.4 Å². The number of hydrogen-bond acceptors (Lipinski definition) is 4. The average Bonchev–Trinajstić information content (AvgIpc) is 2.94. The molecule has 1 heterocycles. The second kappa shape index (κ2) is 6.83. The van der Waals surface area contributed by atoms with Gasteiger partial charge in [-0.25, -0.2) is 0 Å². The van der Waals surface area contributed by atoms with E-state index < -0.39 is 0 Å². The molecular formula is C19H21NO4. The van der Waals surface area contributed by atoms with Crippen LogP contribution in [0.4, 0.5) is 5.69 Å². The van der Waals surface area contributed by atoms with E-state index >= 15 is 0 Å². The number of carbonyl (C=O) groups excluding carboxylic acids is 1. The molecular weight excluding hydrogens is 306 g/mol. The summed E-state index contributed by atoms with van der Waals surface area (Å²) in [6.45, 7) is 4.47. The van der Waals surface area contributed by atoms with Crippen LogP contribution in [0.2, 0.25) is 0 Å². The maximum absolute atomic E-state index is 12.5. The van der Waals surface area contributed by atoms with Crippen molar-refractivity contribution in [3.63, 3.8) is 0 Å². The predicted octanol–water partition coefficient (Wildman–Crippen LogP) is 3.67. The van der Waals surface area contributed by atoms with E-state index in [2.05, 4.69) is 5.32 Å². The third-order valence-electron chi connectivity index (χ3n) is 3.90. The molecule has 3 rings (SSSR count). The van der Waals surface area contributed by atoms with Crippen LogP contribution in [0.5, 0.6) is 17.2 Å². The van der Waals surface area contributed by atoms with Gasteiger partial charge in [-0.1, -0.05) is 0 Å². The van der Waals surface area contributed by atoms with Gasteiger partial charge in [-0.15, -0.1) is 0 Å². The van der Waals surface area contributed by atoms with Gasteiger partial charge >= 0.3 is 0 Å². The van der Waals surface area contributed by atoms with Crippen LogP contribution >= 0.6 is 0 Å². The van der Waals surface area contributed by atoms with Gasteiger partial charge in [0, 0.05) is 23.6 Å². The smallest absolute Gasteiger partial charge is 0.255 e. The molecule has 0 fully saturated rings. The quantitative estimate of drug-likeness (QED) is 0.910. The summed E-state index contributed by atoms with van der Waals surface area (Å²) in [6.07, 6.45) is 0.990. The third-order valence-corrected chi connectivity index (χ3v) is 3.90. The molecule has 0 bridgehead atoms. The van der Waals surface area contributed by atoms with Crippen LogP contribution in [-0.2, 0) is 6.42 Å². The summed E-state index contributed by atoms with van der Waals surface area (Å²) in [5.74, 6) is 1.97. The Morgan fingerprint density at radius 1 is 1.29 bits per heavy atom. The third kappa shape index (κ3) is 3.30. The van der Waals surface area contributed by atoms with Gasteiger partial charge in [-0.05, 0) is 44.2 Å². The number of methoxy groups -OCH3 is 1. The number of anilines is 1. The maximum Gasteiger partial charge on any atom is 0.255 e. The number of amides is 1. The molecule has 1 aliphatic rings. The topological polar surface area (TPSA) is 56.8 Å². The van der Waals surface area contributed by atoms with Crippen molar-refractivity contribution in [1.29, 1.82) is 0 Å². The SMILES string of the molecule is CCOc1cc2c(cc1NC(=O)c1ccc(OC)cc1)O[C@H](C)C2. The van der Waals surface area contributed by atoms with E-state index in [0.717, 1.165) is 17.7 Å². The van der Waals surface area contributed by atoms with Crippen molar-refractivity contribution < 1.29 is 19.0 Å². The fourth-order valence-electron chi connectivity index (χ4n) is 2.75. The molecule has 1 aliphatic heterocycles. The van der Waals surface area contributed by atoms with Crippen LogP contribution in [0.15, 0.2) is 36.4 Å². The van der Waals surface area contributed by atoms with Crippen LogP contribution in [-0.4, -0.2) is 25.7 Å². The fraction of sp³-hybridized carbons (Fsp3) is 0.316. The van der Waals surface area contributed by atoms with E-state index in [1.807, 2.05) is 26.0 Å². The summed E-state index contributed by atoms with van der Waals surface area (Å²) < 4.78 is 16.6. The van der Waals surface area contributed by atoms with Crippen LogP contribution < -0.4 is 19.5 Å². The van der Waals surface area contributed by atoms with E-state index in [1.165, 1.54) is 0 Å². The molecule has 1 N–H and O–H groups in total. The Hall–Kier alpha value is -2.69. The summed E-state index contributed by atoms with van der Waals surface area (Å²) in [4.78, 5) is 12.5. The molecule has 5 nitrogen and oxygen atoms in total. The van der Waals surface area contributed by atoms with Crippen molar-refractivity contribution in [3.8, 4) is 17.2 Å². The summed E-state index contributed by atoms with van der Waals surface area (Å²) >= 11 is 0. The molecule has 0 aliphatic carbocycles. The van der Waals surface area contributed by atoms with Crippen LogP contribution in [0.1, 0.15) is 29.8 Å². The molecule has 24 heavy (non-hydrogen) atoms. The largest absolute Gasteiger partial charge is 0.497 e. The Kier molecular flexibility index (Phi) is 4.60. The molecule has 0 saturated heterocycles. The standard InChI is InChI=1S/C19H21NO4/c1-4-23-18-10-14-9-12(2)24-17(14)11-16(18)20-19(21)13-5-7-15(22-3)8-6-13/h5-8,10-12H,4,9H2,1-3H3,(H,20,21)/t12-/m1/s1. The lowest BCUT2D eigenvalue weighted by atomic mass is 10.1. The first-order chi connectivity index (χ1) is 11.6. The highest BCUT2D eigenvalue weighted by atomic mass is 16.5. The van der Waals surface area contributed by atoms with E-state index in [0.29, 0.717) is 29.4 Å². The lowest BCUT2D eigenvalue weighted by molar-refractivity contribution is 0.102. The summed E-state index contributed by atoms with van der Waals surface area (Å²) in [6, 6.07) is 10.7. The summed E-state index contributed by atoms with van der Waals surface area (Å²) in [5.41, 5.74) is 2.27. The summed E-state index contributed by atoms with van der Waals surface area (Å²) in [7, 11) is 1.59.